The monoisotopic (exact) mass is 241 g/mol. The zero-order chi connectivity index (χ0) is 12.3. The molecule has 0 saturated heterocycles. The third-order valence-corrected chi connectivity index (χ3v) is 3.95. The molecule has 1 fully saturated rings. The summed E-state index contributed by atoms with van der Waals surface area (Å²) in [6, 6.07) is 0.564. The van der Waals surface area contributed by atoms with Crippen molar-refractivity contribution in [3.05, 3.63) is 0 Å². The molecule has 0 aliphatic heterocycles. The lowest BCUT2D eigenvalue weighted by Crippen LogP contribution is -2.39. The smallest absolute Gasteiger partial charge is 0.0727 e. The van der Waals surface area contributed by atoms with Crippen LogP contribution in [0.4, 0.5) is 0 Å². The molecule has 2 atom stereocenters. The maximum Gasteiger partial charge on any atom is 0.0727 e. The second kappa shape index (κ2) is 9.90. The molecular weight excluding hydrogens is 210 g/mol. The van der Waals surface area contributed by atoms with E-state index in [0.717, 1.165) is 6.61 Å². The van der Waals surface area contributed by atoms with E-state index in [1.807, 2.05) is 0 Å². The Bertz CT molecular complexity index is 172. The van der Waals surface area contributed by atoms with Gasteiger partial charge in [-0.25, -0.2) is 0 Å². The van der Waals surface area contributed by atoms with E-state index >= 15 is 0 Å². The molecule has 102 valence electrons. The summed E-state index contributed by atoms with van der Waals surface area (Å²) in [5.74, 6) is 0. The fourth-order valence-electron chi connectivity index (χ4n) is 2.90. The minimum atomic E-state index is 0.435. The van der Waals surface area contributed by atoms with Crippen LogP contribution in [0.5, 0.6) is 0 Å². The van der Waals surface area contributed by atoms with Crippen LogP contribution in [0.1, 0.15) is 71.1 Å². The molecule has 1 rings (SSSR count). The SMILES string of the molecule is CCOC1CCCCCCCCCCC1NC. The number of ether oxygens (including phenoxy) is 1. The molecule has 2 nitrogen and oxygen atoms in total. The van der Waals surface area contributed by atoms with Crippen molar-refractivity contribution >= 4 is 0 Å². The van der Waals surface area contributed by atoms with E-state index in [1.165, 1.54) is 64.2 Å². The topological polar surface area (TPSA) is 21.3 Å². The highest BCUT2D eigenvalue weighted by Gasteiger charge is 2.19. The van der Waals surface area contributed by atoms with Crippen LogP contribution < -0.4 is 5.32 Å². The molecule has 1 saturated carbocycles. The summed E-state index contributed by atoms with van der Waals surface area (Å²) in [6.45, 7) is 2.96. The minimum absolute atomic E-state index is 0.435. The Morgan fingerprint density at radius 3 is 1.94 bits per heavy atom. The average Bonchev–Trinajstić information content (AvgIpc) is 2.33. The van der Waals surface area contributed by atoms with Gasteiger partial charge in [-0.1, -0.05) is 51.4 Å². The quantitative estimate of drug-likeness (QED) is 0.809. The summed E-state index contributed by atoms with van der Waals surface area (Å²) < 4.78 is 5.93. The van der Waals surface area contributed by atoms with Gasteiger partial charge in [0.15, 0.2) is 0 Å². The van der Waals surface area contributed by atoms with Crippen molar-refractivity contribution in [3.8, 4) is 0 Å². The molecular formula is C15H31NO. The van der Waals surface area contributed by atoms with Crippen LogP contribution in [0.15, 0.2) is 0 Å². The highest BCUT2D eigenvalue weighted by atomic mass is 16.5. The molecule has 0 amide bonds. The molecule has 0 aromatic carbocycles. The van der Waals surface area contributed by atoms with Gasteiger partial charge >= 0.3 is 0 Å². The van der Waals surface area contributed by atoms with Crippen molar-refractivity contribution in [2.45, 2.75) is 83.3 Å². The van der Waals surface area contributed by atoms with Gasteiger partial charge in [-0.15, -0.1) is 0 Å². The Hall–Kier alpha value is -0.0800. The van der Waals surface area contributed by atoms with Crippen LogP contribution in [0.25, 0.3) is 0 Å². The molecule has 1 aliphatic carbocycles. The lowest BCUT2D eigenvalue weighted by atomic mass is 9.96. The molecule has 0 aromatic rings. The highest BCUT2D eigenvalue weighted by Crippen LogP contribution is 2.19. The first-order chi connectivity index (χ1) is 8.38. The van der Waals surface area contributed by atoms with E-state index in [1.54, 1.807) is 0 Å². The molecule has 0 radical (unpaired) electrons. The first-order valence-corrected chi connectivity index (χ1v) is 7.67. The molecule has 2 heteroatoms. The maximum atomic E-state index is 5.93. The lowest BCUT2D eigenvalue weighted by Gasteiger charge is -2.27. The second-order valence-corrected chi connectivity index (χ2v) is 5.29. The first-order valence-electron chi connectivity index (χ1n) is 7.67. The van der Waals surface area contributed by atoms with Crippen molar-refractivity contribution in [2.24, 2.45) is 0 Å². The Balaban J connectivity index is 2.42. The minimum Gasteiger partial charge on any atom is -0.377 e. The Kier molecular flexibility index (Phi) is 8.72. The molecule has 17 heavy (non-hydrogen) atoms. The summed E-state index contributed by atoms with van der Waals surface area (Å²) in [5.41, 5.74) is 0. The van der Waals surface area contributed by atoms with Gasteiger partial charge in [-0.3, -0.25) is 0 Å². The summed E-state index contributed by atoms with van der Waals surface area (Å²) in [5, 5.41) is 3.47. The third-order valence-electron chi connectivity index (χ3n) is 3.95. The second-order valence-electron chi connectivity index (χ2n) is 5.29. The summed E-state index contributed by atoms with van der Waals surface area (Å²) in [7, 11) is 2.09. The fraction of sp³-hybridized carbons (Fsp3) is 1.00. The van der Waals surface area contributed by atoms with Crippen molar-refractivity contribution in [3.63, 3.8) is 0 Å². The molecule has 0 heterocycles. The van der Waals surface area contributed by atoms with Crippen LogP contribution in [-0.4, -0.2) is 25.8 Å². The normalized spacial score (nSPS) is 29.3. The largest absolute Gasteiger partial charge is 0.377 e. The van der Waals surface area contributed by atoms with Gasteiger partial charge in [0.1, 0.15) is 0 Å². The number of nitrogens with one attached hydrogen (secondary N) is 1. The van der Waals surface area contributed by atoms with E-state index in [0.29, 0.717) is 12.1 Å². The van der Waals surface area contributed by atoms with Gasteiger partial charge in [0.2, 0.25) is 0 Å². The fourth-order valence-corrected chi connectivity index (χ4v) is 2.90. The summed E-state index contributed by atoms with van der Waals surface area (Å²) >= 11 is 0. The number of rotatable bonds is 3. The Labute approximate surface area is 108 Å². The zero-order valence-corrected chi connectivity index (χ0v) is 11.8. The predicted molar refractivity (Wildman–Crippen MR) is 74.4 cm³/mol. The van der Waals surface area contributed by atoms with Crippen molar-refractivity contribution in [1.29, 1.82) is 0 Å². The van der Waals surface area contributed by atoms with E-state index < -0.39 is 0 Å². The molecule has 2 unspecified atom stereocenters. The van der Waals surface area contributed by atoms with Crippen LogP contribution in [0.3, 0.4) is 0 Å². The Morgan fingerprint density at radius 2 is 1.41 bits per heavy atom. The van der Waals surface area contributed by atoms with Crippen LogP contribution in [0, 0.1) is 0 Å². The standard InChI is InChI=1S/C15H31NO/c1-3-17-15-13-11-9-7-5-4-6-8-10-12-14(15)16-2/h14-16H,3-13H2,1-2H3. The molecule has 0 spiro atoms. The number of hydrogen-bond acceptors (Lipinski definition) is 2. The van der Waals surface area contributed by atoms with E-state index in [2.05, 4.69) is 19.3 Å². The Morgan fingerprint density at radius 1 is 0.882 bits per heavy atom. The molecule has 1 N–H and O–H groups in total. The number of likely N-dealkylation sites (N-methyl/N-ethyl adjacent to an activating group) is 1. The average molecular weight is 241 g/mol. The van der Waals surface area contributed by atoms with Crippen LogP contribution >= 0.6 is 0 Å². The van der Waals surface area contributed by atoms with Gasteiger partial charge < -0.3 is 10.1 Å². The molecule has 0 aromatic heterocycles. The van der Waals surface area contributed by atoms with Crippen molar-refractivity contribution < 1.29 is 4.74 Å². The highest BCUT2D eigenvalue weighted by molar-refractivity contribution is 4.76. The van der Waals surface area contributed by atoms with Crippen molar-refractivity contribution in [2.75, 3.05) is 13.7 Å². The number of hydrogen-bond donors (Lipinski definition) is 1. The first kappa shape index (κ1) is 15.0. The molecule has 0 bridgehead atoms. The van der Waals surface area contributed by atoms with Gasteiger partial charge in [0.25, 0.3) is 0 Å². The zero-order valence-electron chi connectivity index (χ0n) is 11.8. The van der Waals surface area contributed by atoms with E-state index in [4.69, 9.17) is 4.74 Å². The summed E-state index contributed by atoms with van der Waals surface area (Å²) in [4.78, 5) is 0. The lowest BCUT2D eigenvalue weighted by molar-refractivity contribution is 0.0257. The van der Waals surface area contributed by atoms with Gasteiger partial charge in [-0.05, 0) is 26.8 Å². The van der Waals surface area contributed by atoms with Gasteiger partial charge in [0.05, 0.1) is 6.10 Å². The predicted octanol–water partition coefficient (Wildman–Crippen LogP) is 3.89. The van der Waals surface area contributed by atoms with Crippen LogP contribution in [-0.2, 0) is 4.74 Å². The van der Waals surface area contributed by atoms with E-state index in [9.17, 15) is 0 Å². The summed E-state index contributed by atoms with van der Waals surface area (Å²) in [6.07, 6.45) is 14.2. The van der Waals surface area contributed by atoms with Crippen molar-refractivity contribution in [1.82, 2.24) is 5.32 Å². The van der Waals surface area contributed by atoms with Gasteiger partial charge in [-0.2, -0.15) is 0 Å². The maximum absolute atomic E-state index is 5.93. The molecule has 1 aliphatic rings. The third kappa shape index (κ3) is 6.42. The van der Waals surface area contributed by atoms with Gasteiger partial charge in [0, 0.05) is 12.6 Å². The van der Waals surface area contributed by atoms with Crippen LogP contribution in [0.2, 0.25) is 0 Å². The van der Waals surface area contributed by atoms with E-state index in [-0.39, 0.29) is 0 Å².